The molecule has 1 aliphatic carbocycles. The SMILES string of the molecule is COC(=O)CC1COc2cc(O[C@@H]3CCc4c(OC(F)(F)F)cccc43)ccc21. The Morgan fingerprint density at radius 1 is 1.21 bits per heavy atom. The van der Waals surface area contributed by atoms with E-state index in [2.05, 4.69) is 4.74 Å². The van der Waals surface area contributed by atoms with Crippen molar-refractivity contribution in [1.82, 2.24) is 0 Å². The van der Waals surface area contributed by atoms with Crippen molar-refractivity contribution >= 4 is 5.97 Å². The first kappa shape index (κ1) is 19.4. The number of rotatable bonds is 5. The van der Waals surface area contributed by atoms with E-state index in [1.165, 1.54) is 19.2 Å². The van der Waals surface area contributed by atoms with Crippen molar-refractivity contribution in [2.45, 2.75) is 37.6 Å². The van der Waals surface area contributed by atoms with Crippen molar-refractivity contribution in [2.75, 3.05) is 13.7 Å². The minimum atomic E-state index is -4.73. The molecular weight excluding hydrogens is 389 g/mol. The summed E-state index contributed by atoms with van der Waals surface area (Å²) in [5.74, 6) is 0.655. The number of hydrogen-bond donors (Lipinski definition) is 0. The van der Waals surface area contributed by atoms with Gasteiger partial charge in [0.25, 0.3) is 0 Å². The third-order valence-electron chi connectivity index (χ3n) is 5.18. The molecule has 29 heavy (non-hydrogen) atoms. The first-order valence-corrected chi connectivity index (χ1v) is 9.22. The predicted octanol–water partition coefficient (Wildman–Crippen LogP) is 4.69. The number of methoxy groups -OCH3 is 1. The summed E-state index contributed by atoms with van der Waals surface area (Å²) in [5, 5.41) is 0. The van der Waals surface area contributed by atoms with Crippen LogP contribution in [0.15, 0.2) is 36.4 Å². The predicted molar refractivity (Wildman–Crippen MR) is 96.1 cm³/mol. The Bertz CT molecular complexity index is 925. The Hall–Kier alpha value is -2.90. The van der Waals surface area contributed by atoms with Gasteiger partial charge in [-0.3, -0.25) is 4.79 Å². The first-order valence-electron chi connectivity index (χ1n) is 9.22. The third-order valence-corrected chi connectivity index (χ3v) is 5.18. The Kier molecular flexibility index (Phi) is 5.02. The largest absolute Gasteiger partial charge is 0.573 e. The number of alkyl halides is 3. The third kappa shape index (κ3) is 4.11. The van der Waals surface area contributed by atoms with E-state index in [0.717, 1.165) is 5.56 Å². The highest BCUT2D eigenvalue weighted by Gasteiger charge is 2.35. The van der Waals surface area contributed by atoms with Crippen molar-refractivity contribution in [1.29, 1.82) is 0 Å². The lowest BCUT2D eigenvalue weighted by Gasteiger charge is -2.17. The molecule has 0 spiro atoms. The van der Waals surface area contributed by atoms with Gasteiger partial charge in [-0.2, -0.15) is 0 Å². The van der Waals surface area contributed by atoms with E-state index in [4.69, 9.17) is 14.2 Å². The van der Waals surface area contributed by atoms with Gasteiger partial charge in [0.1, 0.15) is 23.4 Å². The van der Waals surface area contributed by atoms with Crippen molar-refractivity contribution in [3.8, 4) is 17.2 Å². The van der Waals surface area contributed by atoms with Gasteiger partial charge in [0, 0.05) is 23.1 Å². The number of benzene rings is 2. The van der Waals surface area contributed by atoms with Gasteiger partial charge in [-0.05, 0) is 30.5 Å². The maximum Gasteiger partial charge on any atom is 0.573 e. The molecule has 4 rings (SSSR count). The Morgan fingerprint density at radius 2 is 2.03 bits per heavy atom. The van der Waals surface area contributed by atoms with E-state index < -0.39 is 6.36 Å². The average Bonchev–Trinajstić information content (AvgIpc) is 3.25. The Morgan fingerprint density at radius 3 is 2.79 bits per heavy atom. The molecule has 8 heteroatoms. The van der Waals surface area contributed by atoms with Crippen LogP contribution in [0, 0.1) is 0 Å². The summed E-state index contributed by atoms with van der Waals surface area (Å²) in [7, 11) is 1.35. The second-order valence-corrected chi connectivity index (χ2v) is 7.00. The molecule has 0 amide bonds. The molecule has 1 aliphatic heterocycles. The monoisotopic (exact) mass is 408 g/mol. The fraction of sp³-hybridized carbons (Fsp3) is 0.381. The number of hydrogen-bond acceptors (Lipinski definition) is 5. The summed E-state index contributed by atoms with van der Waals surface area (Å²) in [6, 6.07) is 9.99. The maximum atomic E-state index is 12.6. The second-order valence-electron chi connectivity index (χ2n) is 7.00. The zero-order valence-electron chi connectivity index (χ0n) is 15.6. The summed E-state index contributed by atoms with van der Waals surface area (Å²) >= 11 is 0. The average molecular weight is 408 g/mol. The minimum Gasteiger partial charge on any atom is -0.492 e. The number of carbonyl (C=O) groups is 1. The van der Waals surface area contributed by atoms with Gasteiger partial charge >= 0.3 is 12.3 Å². The topological polar surface area (TPSA) is 54.0 Å². The molecule has 1 unspecified atom stereocenters. The van der Waals surface area contributed by atoms with Crippen LogP contribution in [0.4, 0.5) is 13.2 Å². The van der Waals surface area contributed by atoms with Gasteiger partial charge in [0.05, 0.1) is 20.1 Å². The highest BCUT2D eigenvalue weighted by Crippen LogP contribution is 2.43. The van der Waals surface area contributed by atoms with Crippen molar-refractivity contribution < 1.29 is 36.9 Å². The summed E-state index contributed by atoms with van der Waals surface area (Å²) in [6.07, 6.45) is -3.87. The Balaban J connectivity index is 1.50. The van der Waals surface area contributed by atoms with Crippen LogP contribution in [0.1, 0.15) is 41.6 Å². The molecule has 0 N–H and O–H groups in total. The van der Waals surface area contributed by atoms with Crippen LogP contribution in [0.25, 0.3) is 0 Å². The number of ether oxygens (including phenoxy) is 4. The number of esters is 1. The fourth-order valence-electron chi connectivity index (χ4n) is 3.87. The van der Waals surface area contributed by atoms with Crippen LogP contribution in [-0.4, -0.2) is 26.0 Å². The molecular formula is C21H19F3O5. The standard InChI is InChI=1S/C21H19F3O5/c1-26-20(25)9-12-11-27-19-10-13(5-6-14(12)19)28-17-8-7-16-15(17)3-2-4-18(16)29-21(22,23)24/h2-6,10,12,17H,7-9,11H2,1H3/t12?,17-/m1/s1. The van der Waals surface area contributed by atoms with Crippen molar-refractivity contribution in [2.24, 2.45) is 0 Å². The quantitative estimate of drug-likeness (QED) is 0.672. The first-order chi connectivity index (χ1) is 13.8. The normalized spacial score (nSPS) is 19.9. The van der Waals surface area contributed by atoms with Gasteiger partial charge in [-0.15, -0.1) is 13.2 Å². The fourth-order valence-corrected chi connectivity index (χ4v) is 3.87. The molecule has 2 aromatic rings. The molecule has 0 aromatic heterocycles. The summed E-state index contributed by atoms with van der Waals surface area (Å²) in [4.78, 5) is 11.5. The highest BCUT2D eigenvalue weighted by atomic mass is 19.4. The lowest BCUT2D eigenvalue weighted by molar-refractivity contribution is -0.274. The molecule has 0 fully saturated rings. The molecule has 0 saturated heterocycles. The summed E-state index contributed by atoms with van der Waals surface area (Å²) in [5.41, 5.74) is 2.12. The molecule has 0 radical (unpaired) electrons. The van der Waals surface area contributed by atoms with E-state index in [1.54, 1.807) is 18.2 Å². The molecule has 2 aliphatic rings. The zero-order valence-corrected chi connectivity index (χ0v) is 15.6. The minimum absolute atomic E-state index is 0.0687. The lowest BCUT2D eigenvalue weighted by Crippen LogP contribution is -2.18. The van der Waals surface area contributed by atoms with Crippen LogP contribution < -0.4 is 14.2 Å². The lowest BCUT2D eigenvalue weighted by atomic mass is 9.98. The smallest absolute Gasteiger partial charge is 0.492 e. The number of carbonyl (C=O) groups excluding carboxylic acids is 1. The molecule has 1 heterocycles. The summed E-state index contributed by atoms with van der Waals surface area (Å²) < 4.78 is 58.4. The van der Waals surface area contributed by atoms with Crippen molar-refractivity contribution in [3.05, 3.63) is 53.1 Å². The van der Waals surface area contributed by atoms with E-state index in [0.29, 0.717) is 42.1 Å². The van der Waals surface area contributed by atoms with E-state index in [1.807, 2.05) is 6.07 Å². The zero-order chi connectivity index (χ0) is 20.6. The van der Waals surface area contributed by atoms with Crippen LogP contribution in [0.5, 0.6) is 17.2 Å². The van der Waals surface area contributed by atoms with Crippen LogP contribution in [0.3, 0.4) is 0 Å². The van der Waals surface area contributed by atoms with Crippen LogP contribution >= 0.6 is 0 Å². The van der Waals surface area contributed by atoms with E-state index >= 15 is 0 Å². The van der Waals surface area contributed by atoms with Gasteiger partial charge in [0.2, 0.25) is 0 Å². The van der Waals surface area contributed by atoms with Gasteiger partial charge in [-0.25, -0.2) is 0 Å². The molecule has 2 atom stereocenters. The molecule has 154 valence electrons. The molecule has 0 saturated carbocycles. The maximum absolute atomic E-state index is 12.6. The highest BCUT2D eigenvalue weighted by molar-refractivity contribution is 5.71. The molecule has 0 bridgehead atoms. The Labute approximate surface area is 165 Å². The van der Waals surface area contributed by atoms with Gasteiger partial charge in [-0.1, -0.05) is 18.2 Å². The second kappa shape index (κ2) is 7.50. The van der Waals surface area contributed by atoms with Gasteiger partial charge in [0.15, 0.2) is 0 Å². The number of fused-ring (bicyclic) bond motifs is 2. The van der Waals surface area contributed by atoms with Crippen molar-refractivity contribution in [3.63, 3.8) is 0 Å². The van der Waals surface area contributed by atoms with Gasteiger partial charge < -0.3 is 18.9 Å². The molecule has 2 aromatic carbocycles. The van der Waals surface area contributed by atoms with E-state index in [-0.39, 0.29) is 30.2 Å². The number of halogens is 3. The molecule has 5 nitrogen and oxygen atoms in total. The summed E-state index contributed by atoms with van der Waals surface area (Å²) in [6.45, 7) is 0.387. The van der Waals surface area contributed by atoms with E-state index in [9.17, 15) is 18.0 Å². The van der Waals surface area contributed by atoms with Crippen LogP contribution in [-0.2, 0) is 16.0 Å². The van der Waals surface area contributed by atoms with Crippen LogP contribution in [0.2, 0.25) is 0 Å².